The van der Waals surface area contributed by atoms with Gasteiger partial charge in [-0.05, 0) is 44.6 Å². The van der Waals surface area contributed by atoms with Crippen LogP contribution >= 0.6 is 0 Å². The monoisotopic (exact) mass is 282 g/mol. The first-order valence-electron chi connectivity index (χ1n) is 7.28. The Hall–Kier alpha value is -0.970. The SMILES string of the molecule is CCN(CCC(NC)c1ccc(F)cc1)C(C)COC. The van der Waals surface area contributed by atoms with E-state index in [9.17, 15) is 4.39 Å². The van der Waals surface area contributed by atoms with Crippen LogP contribution in [0.1, 0.15) is 31.9 Å². The lowest BCUT2D eigenvalue weighted by Crippen LogP contribution is -2.38. The number of rotatable bonds is 9. The van der Waals surface area contributed by atoms with Gasteiger partial charge in [-0.15, -0.1) is 0 Å². The van der Waals surface area contributed by atoms with Crippen LogP contribution in [-0.2, 0) is 4.74 Å². The quantitative estimate of drug-likeness (QED) is 0.754. The molecule has 114 valence electrons. The molecule has 0 aliphatic carbocycles. The first kappa shape index (κ1) is 17.1. The molecule has 2 atom stereocenters. The van der Waals surface area contributed by atoms with E-state index in [1.54, 1.807) is 7.11 Å². The van der Waals surface area contributed by atoms with E-state index in [0.717, 1.165) is 31.7 Å². The predicted octanol–water partition coefficient (Wildman–Crippen LogP) is 2.83. The maximum Gasteiger partial charge on any atom is 0.123 e. The van der Waals surface area contributed by atoms with Crippen molar-refractivity contribution < 1.29 is 9.13 Å². The third kappa shape index (κ3) is 5.19. The van der Waals surface area contributed by atoms with E-state index in [4.69, 9.17) is 4.74 Å². The van der Waals surface area contributed by atoms with Gasteiger partial charge in [-0.25, -0.2) is 4.39 Å². The van der Waals surface area contributed by atoms with Gasteiger partial charge in [0.2, 0.25) is 0 Å². The highest BCUT2D eigenvalue weighted by molar-refractivity contribution is 5.19. The van der Waals surface area contributed by atoms with Crippen LogP contribution < -0.4 is 5.32 Å². The molecule has 20 heavy (non-hydrogen) atoms. The van der Waals surface area contributed by atoms with Gasteiger partial charge in [-0.3, -0.25) is 4.90 Å². The van der Waals surface area contributed by atoms with Crippen molar-refractivity contribution >= 4 is 0 Å². The van der Waals surface area contributed by atoms with E-state index in [1.807, 2.05) is 19.2 Å². The molecule has 3 nitrogen and oxygen atoms in total. The number of benzene rings is 1. The molecule has 1 aromatic carbocycles. The van der Waals surface area contributed by atoms with E-state index in [2.05, 4.69) is 24.1 Å². The van der Waals surface area contributed by atoms with Crippen LogP contribution in [0.4, 0.5) is 4.39 Å². The molecule has 0 spiro atoms. The molecule has 0 aromatic heterocycles. The summed E-state index contributed by atoms with van der Waals surface area (Å²) >= 11 is 0. The molecule has 0 amide bonds. The van der Waals surface area contributed by atoms with E-state index >= 15 is 0 Å². The summed E-state index contributed by atoms with van der Waals surface area (Å²) in [5, 5.41) is 3.31. The summed E-state index contributed by atoms with van der Waals surface area (Å²) in [5.74, 6) is -0.187. The van der Waals surface area contributed by atoms with Gasteiger partial charge in [0.05, 0.1) is 6.61 Å². The number of ether oxygens (including phenoxy) is 1. The van der Waals surface area contributed by atoms with Gasteiger partial charge in [0.25, 0.3) is 0 Å². The largest absolute Gasteiger partial charge is 0.383 e. The third-order valence-corrected chi connectivity index (χ3v) is 3.76. The van der Waals surface area contributed by atoms with Crippen LogP contribution in [-0.4, -0.2) is 44.8 Å². The van der Waals surface area contributed by atoms with Crippen molar-refractivity contribution in [3.8, 4) is 0 Å². The topological polar surface area (TPSA) is 24.5 Å². The minimum atomic E-state index is -0.187. The van der Waals surface area contributed by atoms with Crippen LogP contribution in [0.2, 0.25) is 0 Å². The van der Waals surface area contributed by atoms with Crippen molar-refractivity contribution in [2.45, 2.75) is 32.4 Å². The van der Waals surface area contributed by atoms with Gasteiger partial charge in [0.1, 0.15) is 5.82 Å². The average molecular weight is 282 g/mol. The number of nitrogens with zero attached hydrogens (tertiary/aromatic N) is 1. The highest BCUT2D eigenvalue weighted by Crippen LogP contribution is 2.18. The van der Waals surface area contributed by atoms with E-state index in [0.29, 0.717) is 6.04 Å². The summed E-state index contributed by atoms with van der Waals surface area (Å²) in [4.78, 5) is 2.40. The van der Waals surface area contributed by atoms with Gasteiger partial charge in [0, 0.05) is 25.7 Å². The fourth-order valence-corrected chi connectivity index (χ4v) is 2.50. The minimum Gasteiger partial charge on any atom is -0.383 e. The fourth-order valence-electron chi connectivity index (χ4n) is 2.50. The van der Waals surface area contributed by atoms with Crippen molar-refractivity contribution in [2.75, 3.05) is 33.9 Å². The highest BCUT2D eigenvalue weighted by Gasteiger charge is 2.15. The molecule has 0 saturated carbocycles. The molecule has 1 N–H and O–H groups in total. The molecule has 0 bridgehead atoms. The second-order valence-corrected chi connectivity index (χ2v) is 5.11. The number of nitrogens with one attached hydrogen (secondary N) is 1. The molecule has 0 aliphatic rings. The Morgan fingerprint density at radius 2 is 1.95 bits per heavy atom. The van der Waals surface area contributed by atoms with Gasteiger partial charge in [-0.2, -0.15) is 0 Å². The molecule has 1 rings (SSSR count). The zero-order chi connectivity index (χ0) is 15.0. The van der Waals surface area contributed by atoms with Gasteiger partial charge < -0.3 is 10.1 Å². The number of methoxy groups -OCH3 is 1. The average Bonchev–Trinajstić information content (AvgIpc) is 2.45. The highest BCUT2D eigenvalue weighted by atomic mass is 19.1. The minimum absolute atomic E-state index is 0.187. The number of hydrogen-bond acceptors (Lipinski definition) is 3. The smallest absolute Gasteiger partial charge is 0.123 e. The van der Waals surface area contributed by atoms with Crippen LogP contribution in [0.15, 0.2) is 24.3 Å². The summed E-state index contributed by atoms with van der Waals surface area (Å²) in [5.41, 5.74) is 1.13. The van der Waals surface area contributed by atoms with Crippen molar-refractivity contribution in [3.05, 3.63) is 35.6 Å². The molecular formula is C16H27FN2O. The lowest BCUT2D eigenvalue weighted by atomic mass is 10.0. The van der Waals surface area contributed by atoms with E-state index in [1.165, 1.54) is 12.1 Å². The second-order valence-electron chi connectivity index (χ2n) is 5.11. The maximum absolute atomic E-state index is 13.0. The Bertz CT molecular complexity index is 369. The van der Waals surface area contributed by atoms with Crippen LogP contribution in [0, 0.1) is 5.82 Å². The Morgan fingerprint density at radius 3 is 2.45 bits per heavy atom. The molecular weight excluding hydrogens is 255 g/mol. The Balaban J connectivity index is 2.57. The van der Waals surface area contributed by atoms with Crippen molar-refractivity contribution in [3.63, 3.8) is 0 Å². The van der Waals surface area contributed by atoms with Crippen LogP contribution in [0.3, 0.4) is 0 Å². The zero-order valence-electron chi connectivity index (χ0n) is 13.0. The lowest BCUT2D eigenvalue weighted by Gasteiger charge is -2.29. The van der Waals surface area contributed by atoms with Crippen molar-refractivity contribution in [2.24, 2.45) is 0 Å². The summed E-state index contributed by atoms with van der Waals surface area (Å²) in [6.45, 7) is 7.08. The molecule has 0 fully saturated rings. The Labute approximate surface area is 122 Å². The molecule has 1 aromatic rings. The normalized spacial score (nSPS) is 14.5. The van der Waals surface area contributed by atoms with Gasteiger partial charge in [-0.1, -0.05) is 19.1 Å². The first-order chi connectivity index (χ1) is 9.62. The van der Waals surface area contributed by atoms with Crippen LogP contribution in [0.5, 0.6) is 0 Å². The van der Waals surface area contributed by atoms with Crippen molar-refractivity contribution in [1.82, 2.24) is 10.2 Å². The lowest BCUT2D eigenvalue weighted by molar-refractivity contribution is 0.0998. The summed E-state index contributed by atoms with van der Waals surface area (Å²) in [7, 11) is 3.68. The van der Waals surface area contributed by atoms with Gasteiger partial charge >= 0.3 is 0 Å². The number of halogens is 1. The third-order valence-electron chi connectivity index (χ3n) is 3.76. The van der Waals surface area contributed by atoms with Gasteiger partial charge in [0.15, 0.2) is 0 Å². The second kappa shape index (κ2) is 9.06. The predicted molar refractivity (Wildman–Crippen MR) is 81.4 cm³/mol. The molecule has 2 unspecified atom stereocenters. The van der Waals surface area contributed by atoms with Crippen molar-refractivity contribution in [1.29, 1.82) is 0 Å². The fraction of sp³-hybridized carbons (Fsp3) is 0.625. The zero-order valence-corrected chi connectivity index (χ0v) is 13.0. The summed E-state index contributed by atoms with van der Waals surface area (Å²) in [6, 6.07) is 7.40. The summed E-state index contributed by atoms with van der Waals surface area (Å²) in [6.07, 6.45) is 0.990. The first-order valence-corrected chi connectivity index (χ1v) is 7.28. The van der Waals surface area contributed by atoms with E-state index < -0.39 is 0 Å². The molecule has 0 aliphatic heterocycles. The molecule has 4 heteroatoms. The number of likely N-dealkylation sites (N-methyl/N-ethyl adjacent to an activating group) is 1. The standard InChI is InChI=1S/C16H27FN2O/c1-5-19(13(2)12-20-4)11-10-16(18-3)14-6-8-15(17)9-7-14/h6-9,13,16,18H,5,10-12H2,1-4H3. The molecule has 0 radical (unpaired) electrons. The Morgan fingerprint density at radius 1 is 1.30 bits per heavy atom. The van der Waals surface area contributed by atoms with E-state index in [-0.39, 0.29) is 11.9 Å². The molecule has 0 saturated heterocycles. The molecule has 0 heterocycles. The Kier molecular flexibility index (Phi) is 7.73. The van der Waals surface area contributed by atoms with Crippen LogP contribution in [0.25, 0.3) is 0 Å². The number of hydrogen-bond donors (Lipinski definition) is 1. The summed E-state index contributed by atoms with van der Waals surface area (Å²) < 4.78 is 18.2. The maximum atomic E-state index is 13.0.